The van der Waals surface area contributed by atoms with Crippen LogP contribution in [0.4, 0.5) is 0 Å². The average Bonchev–Trinajstić information content (AvgIpc) is 2.44. The molecular formula is C16H30N2O3. The molecule has 1 amide bonds. The van der Waals surface area contributed by atoms with Gasteiger partial charge in [0.1, 0.15) is 0 Å². The minimum atomic E-state index is -0.754. The molecule has 21 heavy (non-hydrogen) atoms. The lowest BCUT2D eigenvalue weighted by Crippen LogP contribution is -2.48. The quantitative estimate of drug-likeness (QED) is 0.755. The molecule has 0 bridgehead atoms. The second kappa shape index (κ2) is 7.78. The zero-order valence-electron chi connectivity index (χ0n) is 13.8. The second-order valence-electron chi connectivity index (χ2n) is 6.68. The predicted molar refractivity (Wildman–Crippen MR) is 83.1 cm³/mol. The fourth-order valence-corrected chi connectivity index (χ4v) is 2.93. The van der Waals surface area contributed by atoms with Crippen LogP contribution in [-0.2, 0) is 9.59 Å². The molecule has 1 aliphatic rings. The predicted octanol–water partition coefficient (Wildman–Crippen LogP) is 2.11. The lowest BCUT2D eigenvalue weighted by Gasteiger charge is -2.39. The molecule has 0 aliphatic carbocycles. The largest absolute Gasteiger partial charge is 0.481 e. The Morgan fingerprint density at radius 2 is 1.95 bits per heavy atom. The monoisotopic (exact) mass is 298 g/mol. The summed E-state index contributed by atoms with van der Waals surface area (Å²) < 4.78 is 0. The lowest BCUT2D eigenvalue weighted by molar-refractivity contribution is -0.151. The topological polar surface area (TPSA) is 69.6 Å². The van der Waals surface area contributed by atoms with Crippen LogP contribution in [0.25, 0.3) is 0 Å². The number of carboxylic acids is 1. The smallest absolute Gasteiger partial charge is 0.309 e. The van der Waals surface area contributed by atoms with Crippen LogP contribution in [0.2, 0.25) is 0 Å². The van der Waals surface area contributed by atoms with Gasteiger partial charge in [0.15, 0.2) is 0 Å². The summed E-state index contributed by atoms with van der Waals surface area (Å²) in [5, 5.41) is 12.4. The van der Waals surface area contributed by atoms with Crippen LogP contribution < -0.4 is 5.32 Å². The van der Waals surface area contributed by atoms with Gasteiger partial charge in [-0.15, -0.1) is 0 Å². The highest BCUT2D eigenvalue weighted by Gasteiger charge is 2.39. The molecule has 0 saturated carbocycles. The van der Waals surface area contributed by atoms with Gasteiger partial charge in [0.05, 0.1) is 12.0 Å². The van der Waals surface area contributed by atoms with E-state index in [4.69, 9.17) is 0 Å². The first-order chi connectivity index (χ1) is 9.81. The summed E-state index contributed by atoms with van der Waals surface area (Å²) in [6, 6.07) is 0.244. The normalized spacial score (nSPS) is 20.5. The number of hydrogen-bond acceptors (Lipinski definition) is 3. The van der Waals surface area contributed by atoms with Gasteiger partial charge >= 0.3 is 5.97 Å². The average molecular weight is 298 g/mol. The number of amides is 1. The highest BCUT2D eigenvalue weighted by molar-refractivity contribution is 5.78. The van der Waals surface area contributed by atoms with Gasteiger partial charge in [0.25, 0.3) is 0 Å². The van der Waals surface area contributed by atoms with E-state index in [1.165, 1.54) is 0 Å². The maximum Gasteiger partial charge on any atom is 0.309 e. The van der Waals surface area contributed by atoms with E-state index in [1.807, 2.05) is 0 Å². The molecule has 1 unspecified atom stereocenters. The van der Waals surface area contributed by atoms with E-state index in [1.54, 1.807) is 13.8 Å². The van der Waals surface area contributed by atoms with E-state index < -0.39 is 11.4 Å². The number of carbonyl (C=O) groups is 2. The second-order valence-corrected chi connectivity index (χ2v) is 6.68. The molecule has 0 aromatic carbocycles. The van der Waals surface area contributed by atoms with Gasteiger partial charge in [0.2, 0.25) is 5.91 Å². The van der Waals surface area contributed by atoms with E-state index in [9.17, 15) is 14.7 Å². The Labute approximate surface area is 128 Å². The number of aliphatic carboxylic acids is 1. The standard InChI is InChI=1S/C16H30N2O3/c1-5-13(6-2)17-14(19)11-18-9-7-8-12(10-18)16(3,4)15(20)21/h12-13H,5-11H2,1-4H3,(H,17,19)(H,20,21). The molecule has 1 aliphatic heterocycles. The van der Waals surface area contributed by atoms with Crippen LogP contribution in [0.15, 0.2) is 0 Å². The number of carboxylic acid groups (broad SMARTS) is 1. The highest BCUT2D eigenvalue weighted by atomic mass is 16.4. The molecule has 5 heteroatoms. The molecule has 2 N–H and O–H groups in total. The summed E-state index contributed by atoms with van der Waals surface area (Å²) in [5.74, 6) is -0.599. The van der Waals surface area contributed by atoms with Crippen molar-refractivity contribution in [3.63, 3.8) is 0 Å². The third-order valence-electron chi connectivity index (χ3n) is 4.80. The van der Waals surface area contributed by atoms with Crippen molar-refractivity contribution in [1.29, 1.82) is 0 Å². The van der Waals surface area contributed by atoms with Gasteiger partial charge in [0, 0.05) is 12.6 Å². The van der Waals surface area contributed by atoms with Gasteiger partial charge in [-0.1, -0.05) is 13.8 Å². The maximum atomic E-state index is 12.1. The minimum Gasteiger partial charge on any atom is -0.481 e. The number of nitrogens with zero attached hydrogens (tertiary/aromatic N) is 1. The van der Waals surface area contributed by atoms with Crippen molar-refractivity contribution >= 4 is 11.9 Å². The molecule has 1 atom stereocenters. The number of piperidine rings is 1. The van der Waals surface area contributed by atoms with E-state index in [2.05, 4.69) is 24.1 Å². The molecule has 1 heterocycles. The molecule has 0 radical (unpaired) electrons. The Hall–Kier alpha value is -1.10. The van der Waals surface area contributed by atoms with E-state index in [-0.39, 0.29) is 17.9 Å². The molecule has 0 aromatic rings. The van der Waals surface area contributed by atoms with E-state index in [0.717, 1.165) is 32.2 Å². The van der Waals surface area contributed by atoms with Crippen LogP contribution in [0.5, 0.6) is 0 Å². The Morgan fingerprint density at radius 3 is 2.48 bits per heavy atom. The molecule has 0 spiro atoms. The van der Waals surface area contributed by atoms with Crippen LogP contribution in [-0.4, -0.2) is 47.6 Å². The maximum absolute atomic E-state index is 12.1. The molecule has 0 aromatic heterocycles. The lowest BCUT2D eigenvalue weighted by atomic mass is 9.74. The summed E-state index contributed by atoms with van der Waals surface area (Å²) in [5.41, 5.74) is -0.732. The van der Waals surface area contributed by atoms with Gasteiger partial charge in [-0.2, -0.15) is 0 Å². The Morgan fingerprint density at radius 1 is 1.33 bits per heavy atom. The van der Waals surface area contributed by atoms with Crippen molar-refractivity contribution in [1.82, 2.24) is 10.2 Å². The zero-order valence-corrected chi connectivity index (χ0v) is 13.8. The molecule has 1 saturated heterocycles. The van der Waals surface area contributed by atoms with Crippen LogP contribution in [0.1, 0.15) is 53.4 Å². The van der Waals surface area contributed by atoms with E-state index in [0.29, 0.717) is 13.1 Å². The Kier molecular flexibility index (Phi) is 6.65. The van der Waals surface area contributed by atoms with Crippen molar-refractivity contribution in [3.8, 4) is 0 Å². The summed E-state index contributed by atoms with van der Waals surface area (Å²) in [6.45, 7) is 9.66. The van der Waals surface area contributed by atoms with Crippen molar-refractivity contribution < 1.29 is 14.7 Å². The summed E-state index contributed by atoms with van der Waals surface area (Å²) >= 11 is 0. The first-order valence-electron chi connectivity index (χ1n) is 8.06. The fourth-order valence-electron chi connectivity index (χ4n) is 2.93. The number of rotatable bonds is 7. The Balaban J connectivity index is 2.53. The Bertz CT molecular complexity index is 365. The van der Waals surface area contributed by atoms with Crippen LogP contribution in [0.3, 0.4) is 0 Å². The first-order valence-corrected chi connectivity index (χ1v) is 8.06. The van der Waals surface area contributed by atoms with Gasteiger partial charge in [-0.3, -0.25) is 14.5 Å². The number of likely N-dealkylation sites (tertiary alicyclic amines) is 1. The van der Waals surface area contributed by atoms with Crippen molar-refractivity contribution in [3.05, 3.63) is 0 Å². The summed E-state index contributed by atoms with van der Waals surface area (Å²) in [7, 11) is 0. The fraction of sp³-hybridized carbons (Fsp3) is 0.875. The molecule has 5 nitrogen and oxygen atoms in total. The third kappa shape index (κ3) is 4.99. The van der Waals surface area contributed by atoms with E-state index >= 15 is 0 Å². The summed E-state index contributed by atoms with van der Waals surface area (Å²) in [4.78, 5) is 25.5. The van der Waals surface area contributed by atoms with Gasteiger partial charge in [-0.05, 0) is 52.0 Å². The first kappa shape index (κ1) is 18.0. The van der Waals surface area contributed by atoms with Crippen LogP contribution >= 0.6 is 0 Å². The molecule has 122 valence electrons. The van der Waals surface area contributed by atoms with Crippen molar-refractivity contribution in [2.45, 2.75) is 59.4 Å². The zero-order chi connectivity index (χ0) is 16.0. The van der Waals surface area contributed by atoms with Crippen molar-refractivity contribution in [2.75, 3.05) is 19.6 Å². The molecular weight excluding hydrogens is 268 g/mol. The number of nitrogens with one attached hydrogen (secondary N) is 1. The minimum absolute atomic E-state index is 0.0532. The van der Waals surface area contributed by atoms with Gasteiger partial charge in [-0.25, -0.2) is 0 Å². The number of carbonyl (C=O) groups excluding carboxylic acids is 1. The molecule has 1 rings (SSSR count). The van der Waals surface area contributed by atoms with Gasteiger partial charge < -0.3 is 10.4 Å². The number of hydrogen-bond donors (Lipinski definition) is 2. The SMILES string of the molecule is CCC(CC)NC(=O)CN1CCCC(C(C)(C)C(=O)O)C1. The van der Waals surface area contributed by atoms with Crippen molar-refractivity contribution in [2.24, 2.45) is 11.3 Å². The third-order valence-corrected chi connectivity index (χ3v) is 4.80. The summed E-state index contributed by atoms with van der Waals surface area (Å²) in [6.07, 6.45) is 3.76. The van der Waals surface area contributed by atoms with Crippen LogP contribution in [0, 0.1) is 11.3 Å². The molecule has 1 fully saturated rings. The highest BCUT2D eigenvalue weighted by Crippen LogP contribution is 2.34.